The molecule has 0 aromatic heterocycles. The van der Waals surface area contributed by atoms with Crippen LogP contribution in [0.3, 0.4) is 0 Å². The summed E-state index contributed by atoms with van der Waals surface area (Å²) in [4.78, 5) is 26.9. The minimum absolute atomic E-state index is 0.0981. The highest BCUT2D eigenvalue weighted by molar-refractivity contribution is 5.87. The van der Waals surface area contributed by atoms with Crippen LogP contribution in [-0.4, -0.2) is 41.6 Å². The molecule has 1 N–H and O–H groups in total. The summed E-state index contributed by atoms with van der Waals surface area (Å²) in [5.74, 6) is -0.0981. The first-order valence-electron chi connectivity index (χ1n) is 9.49. The average Bonchev–Trinajstić information content (AvgIpc) is 2.60. The highest BCUT2D eigenvalue weighted by Crippen LogP contribution is 2.17. The van der Waals surface area contributed by atoms with Gasteiger partial charge in [0.1, 0.15) is 11.6 Å². The number of alkyl carbamates (subject to hydrolysis) is 1. The molecular weight excluding hydrogens is 340 g/mol. The molecule has 1 atom stereocenters. The number of benzene rings is 2. The van der Waals surface area contributed by atoms with E-state index in [9.17, 15) is 9.59 Å². The van der Waals surface area contributed by atoms with Crippen molar-refractivity contribution in [3.63, 3.8) is 0 Å². The van der Waals surface area contributed by atoms with E-state index in [-0.39, 0.29) is 5.91 Å². The number of hydrogen-bond donors (Lipinski definition) is 1. The normalized spacial score (nSPS) is 12.5. The average molecular weight is 370 g/mol. The number of amides is 2. The van der Waals surface area contributed by atoms with E-state index in [0.29, 0.717) is 19.5 Å². The third-order valence-electron chi connectivity index (χ3n) is 4.32. The number of nitrogens with zero attached hydrogens (tertiary/aromatic N) is 1. The van der Waals surface area contributed by atoms with Gasteiger partial charge in [0.25, 0.3) is 0 Å². The summed E-state index contributed by atoms with van der Waals surface area (Å²) in [6.45, 7) is 10.5. The van der Waals surface area contributed by atoms with Gasteiger partial charge in [0.15, 0.2) is 0 Å². The molecule has 0 radical (unpaired) electrons. The van der Waals surface area contributed by atoms with Crippen molar-refractivity contribution in [2.24, 2.45) is 0 Å². The van der Waals surface area contributed by atoms with E-state index in [0.717, 1.165) is 16.3 Å². The summed E-state index contributed by atoms with van der Waals surface area (Å²) in [6, 6.07) is 13.5. The third-order valence-corrected chi connectivity index (χ3v) is 4.32. The molecule has 2 rings (SSSR count). The number of fused-ring (bicyclic) bond motifs is 1. The lowest BCUT2D eigenvalue weighted by atomic mass is 10.0. The quantitative estimate of drug-likeness (QED) is 0.831. The number of rotatable bonds is 6. The fourth-order valence-electron chi connectivity index (χ4n) is 3.01. The van der Waals surface area contributed by atoms with E-state index in [2.05, 4.69) is 17.4 Å². The lowest BCUT2D eigenvalue weighted by Crippen LogP contribution is -2.50. The van der Waals surface area contributed by atoms with Crippen LogP contribution in [0.4, 0.5) is 4.79 Å². The van der Waals surface area contributed by atoms with Crippen molar-refractivity contribution in [3.8, 4) is 0 Å². The monoisotopic (exact) mass is 370 g/mol. The number of likely N-dealkylation sites (N-methyl/N-ethyl adjacent to an activating group) is 1. The van der Waals surface area contributed by atoms with Crippen LogP contribution < -0.4 is 5.32 Å². The van der Waals surface area contributed by atoms with Crippen LogP contribution in [-0.2, 0) is 16.0 Å². The van der Waals surface area contributed by atoms with Gasteiger partial charge < -0.3 is 15.0 Å². The Bertz CT molecular complexity index is 791. The Kier molecular flexibility index (Phi) is 6.83. The van der Waals surface area contributed by atoms with Gasteiger partial charge in [-0.25, -0.2) is 4.79 Å². The zero-order valence-corrected chi connectivity index (χ0v) is 16.9. The lowest BCUT2D eigenvalue weighted by molar-refractivity contribution is -0.133. The molecule has 0 bridgehead atoms. The fourth-order valence-corrected chi connectivity index (χ4v) is 3.01. The van der Waals surface area contributed by atoms with E-state index in [1.165, 1.54) is 0 Å². The van der Waals surface area contributed by atoms with E-state index in [4.69, 9.17) is 4.74 Å². The lowest BCUT2D eigenvalue weighted by Gasteiger charge is -2.27. The smallest absolute Gasteiger partial charge is 0.408 e. The van der Waals surface area contributed by atoms with Crippen LogP contribution in [0.2, 0.25) is 0 Å². The van der Waals surface area contributed by atoms with E-state index in [1.54, 1.807) is 25.7 Å². The maximum Gasteiger partial charge on any atom is 0.408 e. The van der Waals surface area contributed by atoms with Gasteiger partial charge in [0.2, 0.25) is 5.91 Å². The fraction of sp³-hybridized carbons (Fsp3) is 0.455. The van der Waals surface area contributed by atoms with Crippen molar-refractivity contribution in [1.29, 1.82) is 0 Å². The SMILES string of the molecule is CCN(CC)C(=O)[C@@H](Cc1ccc2ccccc2c1)NC(=O)OC(C)(C)C. The summed E-state index contributed by atoms with van der Waals surface area (Å²) in [6.07, 6.45) is -0.159. The molecule has 2 aromatic carbocycles. The van der Waals surface area contributed by atoms with Gasteiger partial charge in [0.05, 0.1) is 0 Å². The predicted molar refractivity (Wildman–Crippen MR) is 109 cm³/mol. The Hall–Kier alpha value is -2.56. The molecule has 0 aliphatic carbocycles. The standard InChI is InChI=1S/C22H30N2O3/c1-6-24(7-2)20(25)19(23-21(26)27-22(3,4)5)15-16-12-13-17-10-8-9-11-18(17)14-16/h8-14,19H,6-7,15H2,1-5H3,(H,23,26)/t19-/m1/s1. The van der Waals surface area contributed by atoms with Crippen molar-refractivity contribution in [2.45, 2.75) is 52.7 Å². The summed E-state index contributed by atoms with van der Waals surface area (Å²) in [7, 11) is 0. The number of carbonyl (C=O) groups excluding carboxylic acids is 2. The number of nitrogens with one attached hydrogen (secondary N) is 1. The second-order valence-electron chi connectivity index (χ2n) is 7.59. The first-order chi connectivity index (χ1) is 12.7. The van der Waals surface area contributed by atoms with Gasteiger partial charge in [-0.15, -0.1) is 0 Å². The molecule has 2 amide bonds. The number of carbonyl (C=O) groups is 2. The maximum absolute atomic E-state index is 12.9. The second kappa shape index (κ2) is 8.89. The summed E-state index contributed by atoms with van der Waals surface area (Å²) < 4.78 is 5.35. The highest BCUT2D eigenvalue weighted by Gasteiger charge is 2.27. The topological polar surface area (TPSA) is 58.6 Å². The molecule has 5 nitrogen and oxygen atoms in total. The van der Waals surface area contributed by atoms with Crippen LogP contribution in [0.25, 0.3) is 10.8 Å². The highest BCUT2D eigenvalue weighted by atomic mass is 16.6. The van der Waals surface area contributed by atoms with Crippen LogP contribution in [0.1, 0.15) is 40.2 Å². The van der Waals surface area contributed by atoms with Gasteiger partial charge in [0, 0.05) is 19.5 Å². The molecule has 0 fully saturated rings. The minimum Gasteiger partial charge on any atom is -0.444 e. The Morgan fingerprint density at radius 1 is 1.04 bits per heavy atom. The van der Waals surface area contributed by atoms with Crippen molar-refractivity contribution in [1.82, 2.24) is 10.2 Å². The zero-order chi connectivity index (χ0) is 20.0. The summed E-state index contributed by atoms with van der Waals surface area (Å²) in [5.41, 5.74) is 0.380. The minimum atomic E-state index is -0.666. The molecule has 5 heteroatoms. The molecule has 0 heterocycles. The molecule has 27 heavy (non-hydrogen) atoms. The van der Waals surface area contributed by atoms with Crippen molar-refractivity contribution >= 4 is 22.8 Å². The molecule has 0 saturated heterocycles. The van der Waals surface area contributed by atoms with Gasteiger partial charge in [-0.05, 0) is 51.0 Å². The largest absolute Gasteiger partial charge is 0.444 e. The first kappa shape index (κ1) is 20.7. The summed E-state index contributed by atoms with van der Waals surface area (Å²) >= 11 is 0. The molecule has 0 saturated carbocycles. The molecule has 0 aliphatic rings. The Morgan fingerprint density at radius 3 is 2.26 bits per heavy atom. The Morgan fingerprint density at radius 2 is 1.67 bits per heavy atom. The van der Waals surface area contributed by atoms with Crippen LogP contribution in [0.15, 0.2) is 42.5 Å². The second-order valence-corrected chi connectivity index (χ2v) is 7.59. The number of hydrogen-bond acceptors (Lipinski definition) is 3. The molecule has 0 spiro atoms. The van der Waals surface area contributed by atoms with Gasteiger partial charge in [-0.1, -0.05) is 42.5 Å². The van der Waals surface area contributed by atoms with E-state index < -0.39 is 17.7 Å². The third kappa shape index (κ3) is 5.98. The van der Waals surface area contributed by atoms with E-state index in [1.807, 2.05) is 44.2 Å². The number of ether oxygens (including phenoxy) is 1. The predicted octanol–water partition coefficient (Wildman–Crippen LogP) is 4.14. The Balaban J connectivity index is 2.24. The van der Waals surface area contributed by atoms with Crippen molar-refractivity contribution < 1.29 is 14.3 Å². The summed E-state index contributed by atoms with van der Waals surface area (Å²) in [5, 5.41) is 5.03. The van der Waals surface area contributed by atoms with Crippen LogP contribution in [0.5, 0.6) is 0 Å². The van der Waals surface area contributed by atoms with Crippen LogP contribution >= 0.6 is 0 Å². The first-order valence-corrected chi connectivity index (χ1v) is 9.49. The molecule has 0 unspecified atom stereocenters. The van der Waals surface area contributed by atoms with E-state index >= 15 is 0 Å². The molecular formula is C22H30N2O3. The van der Waals surface area contributed by atoms with Gasteiger partial charge in [-0.2, -0.15) is 0 Å². The molecule has 0 aliphatic heterocycles. The van der Waals surface area contributed by atoms with Crippen molar-refractivity contribution in [3.05, 3.63) is 48.0 Å². The molecule has 146 valence electrons. The van der Waals surface area contributed by atoms with Gasteiger partial charge in [-0.3, -0.25) is 4.79 Å². The Labute approximate surface area is 161 Å². The van der Waals surface area contributed by atoms with Crippen LogP contribution in [0, 0.1) is 0 Å². The molecule has 2 aromatic rings. The zero-order valence-electron chi connectivity index (χ0n) is 16.9. The van der Waals surface area contributed by atoms with Gasteiger partial charge >= 0.3 is 6.09 Å². The maximum atomic E-state index is 12.9. The van der Waals surface area contributed by atoms with Crippen molar-refractivity contribution in [2.75, 3.05) is 13.1 Å².